The van der Waals surface area contributed by atoms with Crippen LogP contribution < -0.4 is 9.47 Å². The lowest BCUT2D eigenvalue weighted by Crippen LogP contribution is -2.80. The number of ether oxygens (including phenoxy) is 2. The summed E-state index contributed by atoms with van der Waals surface area (Å²) in [5.41, 5.74) is -0.304. The Labute approximate surface area is 140 Å². The molecule has 2 bridgehead atoms. The zero-order valence-corrected chi connectivity index (χ0v) is 13.8. The van der Waals surface area contributed by atoms with Crippen LogP contribution in [-0.4, -0.2) is 65.4 Å². The molecule has 2 aliphatic heterocycles. The Balaban J connectivity index is 1.87. The van der Waals surface area contributed by atoms with E-state index in [4.69, 9.17) is 9.47 Å². The van der Waals surface area contributed by atoms with Gasteiger partial charge in [0.25, 0.3) is 0 Å². The highest BCUT2D eigenvalue weighted by molar-refractivity contribution is 5.90. The molecule has 5 rings (SSSR count). The van der Waals surface area contributed by atoms with E-state index in [-0.39, 0.29) is 18.2 Å². The zero-order chi connectivity index (χ0) is 16.9. The fraction of sp³-hybridized carbons (Fsp3) is 0.611. The highest BCUT2D eigenvalue weighted by Crippen LogP contribution is 2.64. The largest absolute Gasteiger partial charge is 0.493 e. The molecule has 2 heterocycles. The van der Waals surface area contributed by atoms with Gasteiger partial charge in [-0.3, -0.25) is 4.79 Å². The molecule has 0 radical (unpaired) electrons. The fourth-order valence-electron chi connectivity index (χ4n) is 5.73. The average Bonchev–Trinajstić information content (AvgIpc) is 2.91. The summed E-state index contributed by atoms with van der Waals surface area (Å²) in [5, 5.41) is 22.5. The number of Topliss-reactive ketones (excluding diaryl/α,β-unsaturated/α-hetero) is 1. The van der Waals surface area contributed by atoms with Crippen LogP contribution in [0.5, 0.6) is 11.5 Å². The first-order valence-corrected chi connectivity index (χ1v) is 8.45. The summed E-state index contributed by atoms with van der Waals surface area (Å²) in [6, 6.07) is 3.64. The van der Waals surface area contributed by atoms with Crippen molar-refractivity contribution < 1.29 is 24.5 Å². The first-order valence-electron chi connectivity index (χ1n) is 8.45. The van der Waals surface area contributed by atoms with Gasteiger partial charge in [-0.15, -0.1) is 0 Å². The smallest absolute Gasteiger partial charge is 0.177 e. The van der Waals surface area contributed by atoms with Gasteiger partial charge >= 0.3 is 0 Å². The Bertz CT molecular complexity index is 764. The van der Waals surface area contributed by atoms with Crippen molar-refractivity contribution in [1.29, 1.82) is 0 Å². The second-order valence-corrected chi connectivity index (χ2v) is 7.56. The van der Waals surface area contributed by atoms with Crippen molar-refractivity contribution in [2.45, 2.75) is 48.5 Å². The molecule has 128 valence electrons. The molecule has 1 aromatic rings. The lowest BCUT2D eigenvalue weighted by Gasteiger charge is -2.63. The van der Waals surface area contributed by atoms with E-state index in [0.717, 1.165) is 17.7 Å². The molecule has 24 heavy (non-hydrogen) atoms. The Hall–Kier alpha value is -1.63. The van der Waals surface area contributed by atoms with Gasteiger partial charge in [-0.2, -0.15) is 0 Å². The van der Waals surface area contributed by atoms with Gasteiger partial charge in [0.2, 0.25) is 0 Å². The number of piperidine rings is 1. The molecule has 2 fully saturated rings. The molecule has 1 spiro atoms. The summed E-state index contributed by atoms with van der Waals surface area (Å²) in [5.74, 6) is 1.02. The van der Waals surface area contributed by atoms with E-state index in [1.807, 2.05) is 19.2 Å². The molecule has 0 aromatic heterocycles. The molecule has 6 nitrogen and oxygen atoms in total. The summed E-state index contributed by atoms with van der Waals surface area (Å²) >= 11 is 0. The number of likely N-dealkylation sites (N-methyl/N-ethyl adjacent to an activating group) is 1. The van der Waals surface area contributed by atoms with Gasteiger partial charge < -0.3 is 24.6 Å². The number of methoxy groups -OCH3 is 1. The van der Waals surface area contributed by atoms with Gasteiger partial charge in [-0.25, -0.2) is 0 Å². The number of aliphatic hydroxyl groups excluding tert-OH is 1. The minimum Gasteiger partial charge on any atom is -0.493 e. The second kappa shape index (κ2) is 4.31. The number of likely N-dealkylation sites (tertiary alicyclic amines) is 1. The minimum atomic E-state index is -1.39. The van der Waals surface area contributed by atoms with Gasteiger partial charge in [0, 0.05) is 18.0 Å². The van der Waals surface area contributed by atoms with Crippen LogP contribution in [0, 0.1) is 0 Å². The minimum absolute atomic E-state index is 0.0705. The molecule has 1 unspecified atom stereocenters. The molecule has 1 saturated heterocycles. The molecular formula is C18H21NO5. The van der Waals surface area contributed by atoms with E-state index < -0.39 is 23.2 Å². The van der Waals surface area contributed by atoms with E-state index in [1.165, 1.54) is 0 Å². The van der Waals surface area contributed by atoms with Crippen molar-refractivity contribution in [3.63, 3.8) is 0 Å². The van der Waals surface area contributed by atoms with E-state index in [2.05, 4.69) is 4.90 Å². The highest BCUT2D eigenvalue weighted by atomic mass is 16.5. The number of carbonyl (C=O) groups is 1. The topological polar surface area (TPSA) is 79.2 Å². The molecule has 1 saturated carbocycles. The Morgan fingerprint density at radius 2 is 2.17 bits per heavy atom. The number of benzene rings is 1. The molecular weight excluding hydrogens is 310 g/mol. The van der Waals surface area contributed by atoms with Gasteiger partial charge in [0.1, 0.15) is 5.60 Å². The average molecular weight is 331 g/mol. The lowest BCUT2D eigenvalue weighted by molar-refractivity contribution is -0.226. The second-order valence-electron chi connectivity index (χ2n) is 7.56. The predicted molar refractivity (Wildman–Crippen MR) is 84.4 cm³/mol. The number of carbonyl (C=O) groups excluding carboxylic acids is 1. The molecule has 2 N–H and O–H groups in total. The van der Waals surface area contributed by atoms with Crippen molar-refractivity contribution >= 4 is 5.78 Å². The van der Waals surface area contributed by atoms with Gasteiger partial charge in [-0.05, 0) is 38.1 Å². The third kappa shape index (κ3) is 1.31. The van der Waals surface area contributed by atoms with Crippen LogP contribution >= 0.6 is 0 Å². The van der Waals surface area contributed by atoms with Crippen LogP contribution in [0.3, 0.4) is 0 Å². The van der Waals surface area contributed by atoms with Crippen molar-refractivity contribution in [3.8, 4) is 11.5 Å². The summed E-state index contributed by atoms with van der Waals surface area (Å²) < 4.78 is 11.5. The third-order valence-electron chi connectivity index (χ3n) is 6.78. The molecule has 0 amide bonds. The van der Waals surface area contributed by atoms with Crippen molar-refractivity contribution in [3.05, 3.63) is 23.3 Å². The number of nitrogens with zero attached hydrogens (tertiary/aromatic N) is 1. The monoisotopic (exact) mass is 331 g/mol. The van der Waals surface area contributed by atoms with Gasteiger partial charge in [0.15, 0.2) is 23.4 Å². The van der Waals surface area contributed by atoms with Gasteiger partial charge in [0.05, 0.1) is 18.6 Å². The SMILES string of the molecule is COc1ccc2c3c1O[C@H]1C(=O)C[C@@H](O)[C@@]4(O)C(C2)N(C)CC[C@]314. The Morgan fingerprint density at radius 3 is 2.92 bits per heavy atom. The summed E-state index contributed by atoms with van der Waals surface area (Å²) in [6.45, 7) is 0.753. The predicted octanol–water partition coefficient (Wildman–Crippen LogP) is 0.0190. The summed E-state index contributed by atoms with van der Waals surface area (Å²) in [4.78, 5) is 14.8. The maximum atomic E-state index is 12.7. The molecule has 6 heteroatoms. The van der Waals surface area contributed by atoms with E-state index in [0.29, 0.717) is 24.3 Å². The van der Waals surface area contributed by atoms with Crippen LogP contribution in [0.25, 0.3) is 0 Å². The third-order valence-corrected chi connectivity index (χ3v) is 6.78. The Kier molecular flexibility index (Phi) is 2.64. The molecule has 1 aromatic carbocycles. The summed E-state index contributed by atoms with van der Waals surface area (Å²) in [6.07, 6.45) is -0.686. The molecule has 4 aliphatic rings. The number of rotatable bonds is 1. The van der Waals surface area contributed by atoms with E-state index in [1.54, 1.807) is 7.11 Å². The standard InChI is InChI=1S/C18H21NO5/c1-19-6-5-17-14-9-3-4-11(23-2)15(14)24-16(17)10(20)8-13(21)18(17,22)12(19)7-9/h3-4,12-13,16,21-22H,5-8H2,1-2H3/t12?,13-,16+,17+,18+/m1/s1. The highest BCUT2D eigenvalue weighted by Gasteiger charge is 2.75. The first-order chi connectivity index (χ1) is 11.4. The number of hydrogen-bond donors (Lipinski definition) is 2. The zero-order valence-electron chi connectivity index (χ0n) is 13.8. The van der Waals surface area contributed by atoms with Crippen LogP contribution in [0.4, 0.5) is 0 Å². The first kappa shape index (κ1) is 14.7. The number of aliphatic hydroxyl groups is 2. The maximum absolute atomic E-state index is 12.7. The Morgan fingerprint density at radius 1 is 1.38 bits per heavy atom. The van der Waals surface area contributed by atoms with Gasteiger partial charge in [-0.1, -0.05) is 6.07 Å². The van der Waals surface area contributed by atoms with E-state index in [9.17, 15) is 15.0 Å². The van der Waals surface area contributed by atoms with Crippen LogP contribution in [0.2, 0.25) is 0 Å². The van der Waals surface area contributed by atoms with Crippen molar-refractivity contribution in [2.75, 3.05) is 20.7 Å². The summed E-state index contributed by atoms with van der Waals surface area (Å²) in [7, 11) is 3.54. The van der Waals surface area contributed by atoms with Crippen molar-refractivity contribution in [2.24, 2.45) is 0 Å². The maximum Gasteiger partial charge on any atom is 0.177 e. The number of ketones is 1. The quantitative estimate of drug-likeness (QED) is 0.755. The normalized spacial score (nSPS) is 42.5. The lowest BCUT2D eigenvalue weighted by atomic mass is 9.48. The van der Waals surface area contributed by atoms with E-state index >= 15 is 0 Å². The molecule has 5 atom stereocenters. The molecule has 2 aliphatic carbocycles. The van der Waals surface area contributed by atoms with Crippen LogP contribution in [0.1, 0.15) is 24.0 Å². The van der Waals surface area contributed by atoms with Crippen molar-refractivity contribution in [1.82, 2.24) is 4.90 Å². The number of hydrogen-bond acceptors (Lipinski definition) is 6. The van der Waals surface area contributed by atoms with Crippen LogP contribution in [-0.2, 0) is 16.6 Å². The fourth-order valence-corrected chi connectivity index (χ4v) is 5.73. The van der Waals surface area contributed by atoms with Crippen LogP contribution in [0.15, 0.2) is 12.1 Å².